The van der Waals surface area contributed by atoms with Crippen molar-refractivity contribution < 1.29 is 9.59 Å². The van der Waals surface area contributed by atoms with Gasteiger partial charge in [-0.25, -0.2) is 4.79 Å². The molecule has 0 bridgehead atoms. The maximum atomic E-state index is 13.5. The molecule has 5 rings (SSSR count). The van der Waals surface area contributed by atoms with Gasteiger partial charge in [-0.05, 0) is 87.1 Å². The van der Waals surface area contributed by atoms with Crippen LogP contribution in [0, 0.1) is 13.8 Å². The summed E-state index contributed by atoms with van der Waals surface area (Å²) < 4.78 is 0. The summed E-state index contributed by atoms with van der Waals surface area (Å²) in [4.78, 5) is 36.9. The van der Waals surface area contributed by atoms with Crippen LogP contribution in [0.4, 0.5) is 16.2 Å². The lowest BCUT2D eigenvalue weighted by molar-refractivity contribution is 0.0709. The monoisotopic (exact) mass is 545 g/mol. The predicted octanol–water partition coefficient (Wildman–Crippen LogP) is 5.93. The largest absolute Gasteiger partial charge is 0.371 e. The Labute approximate surface area is 235 Å². The fourth-order valence-corrected chi connectivity index (χ4v) is 6.10. The van der Waals surface area contributed by atoms with Crippen molar-refractivity contribution in [1.29, 1.82) is 0 Å². The molecule has 39 heavy (non-hydrogen) atoms. The molecular formula is C31H36ClN5O2. The fraction of sp³-hybridized carbons (Fsp3) is 0.387. The van der Waals surface area contributed by atoms with E-state index in [0.717, 1.165) is 55.7 Å². The standard InChI is InChI=1S/C31H36ClN5O2/c1-20-17-25(18-21(2)33-20)37-15-13-24(14-16-37)35(3)30(38)23-10-9-22-11-12-28(26(22)19-23)34-31(39)36(4)29-8-6-5-7-27(29)32/h5-10,17-19,24,28H,11-16H2,1-4H3,(H,34,39). The SMILES string of the molecule is Cc1cc(N2CCC(N(C)C(=O)c3ccc4c(c3)C(NC(=O)N(C)c3ccccc3Cl)CC4)CC2)cc(C)n1. The average molecular weight is 546 g/mol. The Morgan fingerprint density at radius 2 is 1.67 bits per heavy atom. The van der Waals surface area contributed by atoms with E-state index in [1.165, 1.54) is 16.2 Å². The topological polar surface area (TPSA) is 68.8 Å². The maximum Gasteiger partial charge on any atom is 0.322 e. The number of fused-ring (bicyclic) bond motifs is 1. The molecule has 7 nitrogen and oxygen atoms in total. The Hall–Kier alpha value is -3.58. The van der Waals surface area contributed by atoms with E-state index in [2.05, 4.69) is 27.3 Å². The van der Waals surface area contributed by atoms with Crippen molar-refractivity contribution in [3.63, 3.8) is 0 Å². The van der Waals surface area contributed by atoms with Crippen molar-refractivity contribution in [2.75, 3.05) is 37.0 Å². The van der Waals surface area contributed by atoms with Gasteiger partial charge in [-0.3, -0.25) is 14.7 Å². The van der Waals surface area contributed by atoms with Crippen molar-refractivity contribution >= 4 is 34.9 Å². The van der Waals surface area contributed by atoms with Crippen LogP contribution >= 0.6 is 11.6 Å². The van der Waals surface area contributed by atoms with Crippen molar-refractivity contribution in [3.05, 3.63) is 87.7 Å². The molecular weight excluding hydrogens is 510 g/mol. The summed E-state index contributed by atoms with van der Waals surface area (Å²) in [6.07, 6.45) is 3.51. The Morgan fingerprint density at radius 1 is 0.974 bits per heavy atom. The van der Waals surface area contributed by atoms with Gasteiger partial charge in [0.1, 0.15) is 0 Å². The number of halogens is 1. The summed E-state index contributed by atoms with van der Waals surface area (Å²) in [6, 6.07) is 17.3. The van der Waals surface area contributed by atoms with E-state index in [4.69, 9.17) is 11.6 Å². The number of nitrogens with zero attached hydrogens (tertiary/aromatic N) is 4. The lowest BCUT2D eigenvalue weighted by Gasteiger charge is -2.38. The van der Waals surface area contributed by atoms with Gasteiger partial charge in [-0.1, -0.05) is 29.8 Å². The molecule has 1 atom stereocenters. The highest BCUT2D eigenvalue weighted by Crippen LogP contribution is 2.33. The molecule has 1 aromatic heterocycles. The Kier molecular flexibility index (Phi) is 7.80. The number of nitrogens with one attached hydrogen (secondary N) is 1. The smallest absolute Gasteiger partial charge is 0.322 e. The van der Waals surface area contributed by atoms with E-state index in [0.29, 0.717) is 16.3 Å². The van der Waals surface area contributed by atoms with Crippen molar-refractivity contribution in [1.82, 2.24) is 15.2 Å². The quantitative estimate of drug-likeness (QED) is 0.432. The summed E-state index contributed by atoms with van der Waals surface area (Å²) in [6.45, 7) is 5.86. The molecule has 2 heterocycles. The van der Waals surface area contributed by atoms with E-state index in [-0.39, 0.29) is 24.0 Å². The molecule has 204 valence electrons. The molecule has 3 amide bonds. The number of anilines is 2. The molecule has 0 saturated carbocycles. The number of carbonyl (C=O) groups excluding carboxylic acids is 2. The van der Waals surface area contributed by atoms with Crippen molar-refractivity contribution in [2.45, 2.75) is 51.6 Å². The second-order valence-electron chi connectivity index (χ2n) is 10.7. The van der Waals surface area contributed by atoms with E-state index >= 15 is 0 Å². The number of benzene rings is 2. The second kappa shape index (κ2) is 11.3. The second-order valence-corrected chi connectivity index (χ2v) is 11.1. The number of urea groups is 1. The zero-order valence-corrected chi connectivity index (χ0v) is 23.8. The molecule has 1 aliphatic heterocycles. The van der Waals surface area contributed by atoms with Gasteiger partial charge in [0.15, 0.2) is 0 Å². The minimum Gasteiger partial charge on any atom is -0.371 e. The molecule has 0 radical (unpaired) electrons. The zero-order valence-electron chi connectivity index (χ0n) is 23.1. The maximum absolute atomic E-state index is 13.5. The van der Waals surface area contributed by atoms with Gasteiger partial charge in [-0.2, -0.15) is 0 Å². The van der Waals surface area contributed by atoms with Crippen LogP contribution in [0.3, 0.4) is 0 Å². The van der Waals surface area contributed by atoms with Gasteiger partial charge >= 0.3 is 6.03 Å². The van der Waals surface area contributed by atoms with Crippen LogP contribution in [-0.2, 0) is 6.42 Å². The third-order valence-corrected chi connectivity index (χ3v) is 8.37. The molecule has 1 N–H and O–H groups in total. The van der Waals surface area contributed by atoms with Gasteiger partial charge in [0, 0.05) is 55.9 Å². The number of carbonyl (C=O) groups is 2. The van der Waals surface area contributed by atoms with Gasteiger partial charge < -0.3 is 15.1 Å². The highest BCUT2D eigenvalue weighted by molar-refractivity contribution is 6.33. The molecule has 2 aromatic carbocycles. The first kappa shape index (κ1) is 27.0. The number of hydrogen-bond acceptors (Lipinski definition) is 4. The predicted molar refractivity (Wildman–Crippen MR) is 157 cm³/mol. The van der Waals surface area contributed by atoms with Crippen LogP contribution in [0.15, 0.2) is 54.6 Å². The number of aromatic nitrogens is 1. The van der Waals surface area contributed by atoms with Gasteiger partial charge in [0.25, 0.3) is 5.91 Å². The van der Waals surface area contributed by atoms with Crippen molar-refractivity contribution in [2.24, 2.45) is 0 Å². The van der Waals surface area contributed by atoms with E-state index in [1.807, 2.05) is 62.2 Å². The van der Waals surface area contributed by atoms with E-state index < -0.39 is 0 Å². The Balaban J connectivity index is 1.23. The third kappa shape index (κ3) is 5.74. The Morgan fingerprint density at radius 3 is 2.36 bits per heavy atom. The molecule has 1 unspecified atom stereocenters. The van der Waals surface area contributed by atoms with Crippen LogP contribution in [0.25, 0.3) is 0 Å². The van der Waals surface area contributed by atoms with Crippen LogP contribution in [-0.4, -0.2) is 55.0 Å². The number of para-hydroxylation sites is 1. The molecule has 0 spiro atoms. The highest BCUT2D eigenvalue weighted by atomic mass is 35.5. The summed E-state index contributed by atoms with van der Waals surface area (Å²) >= 11 is 6.29. The minimum absolute atomic E-state index is 0.0250. The number of piperidine rings is 1. The minimum atomic E-state index is -0.221. The first-order chi connectivity index (χ1) is 18.7. The third-order valence-electron chi connectivity index (χ3n) is 8.05. The van der Waals surface area contributed by atoms with E-state index in [1.54, 1.807) is 13.1 Å². The summed E-state index contributed by atoms with van der Waals surface area (Å²) in [7, 11) is 3.62. The molecule has 1 fully saturated rings. The van der Waals surface area contributed by atoms with Crippen molar-refractivity contribution in [3.8, 4) is 0 Å². The number of aryl methyl sites for hydroxylation is 3. The normalized spacial score (nSPS) is 17.1. The number of hydrogen-bond donors (Lipinski definition) is 1. The number of rotatable bonds is 5. The summed E-state index contributed by atoms with van der Waals surface area (Å²) in [5.74, 6) is 0.0250. The Bertz CT molecular complexity index is 1360. The molecule has 1 aliphatic carbocycles. The van der Waals surface area contributed by atoms with Crippen LogP contribution in [0.1, 0.15) is 58.2 Å². The molecule has 3 aromatic rings. The molecule has 2 aliphatic rings. The van der Waals surface area contributed by atoms with Gasteiger partial charge in [-0.15, -0.1) is 0 Å². The zero-order chi connectivity index (χ0) is 27.7. The van der Waals surface area contributed by atoms with Crippen LogP contribution in [0.5, 0.6) is 0 Å². The lowest BCUT2D eigenvalue weighted by Crippen LogP contribution is -2.45. The summed E-state index contributed by atoms with van der Waals surface area (Å²) in [5, 5.41) is 3.66. The van der Waals surface area contributed by atoms with Crippen LogP contribution in [0.2, 0.25) is 5.02 Å². The number of pyridine rings is 1. The molecule has 8 heteroatoms. The molecule has 1 saturated heterocycles. The average Bonchev–Trinajstić information content (AvgIpc) is 3.33. The fourth-order valence-electron chi connectivity index (χ4n) is 5.84. The summed E-state index contributed by atoms with van der Waals surface area (Å²) in [5.41, 5.74) is 6.78. The van der Waals surface area contributed by atoms with Crippen LogP contribution < -0.4 is 15.1 Å². The first-order valence-electron chi connectivity index (χ1n) is 13.6. The highest BCUT2D eigenvalue weighted by Gasteiger charge is 2.30. The van der Waals surface area contributed by atoms with Gasteiger partial charge in [0.05, 0.1) is 16.8 Å². The van der Waals surface area contributed by atoms with Gasteiger partial charge in [0.2, 0.25) is 0 Å². The lowest BCUT2D eigenvalue weighted by atomic mass is 10.00. The number of amides is 3. The first-order valence-corrected chi connectivity index (χ1v) is 14.0. The van der Waals surface area contributed by atoms with E-state index in [9.17, 15) is 9.59 Å².